The highest BCUT2D eigenvalue weighted by molar-refractivity contribution is 5.95. The zero-order chi connectivity index (χ0) is 13.1. The minimum absolute atomic E-state index is 0.357. The molecule has 0 amide bonds. The van der Waals surface area contributed by atoms with Crippen LogP contribution >= 0.6 is 0 Å². The monoisotopic (exact) mass is 249 g/mol. The Morgan fingerprint density at radius 1 is 1.56 bits per heavy atom. The van der Waals surface area contributed by atoms with E-state index in [4.69, 9.17) is 10.5 Å². The van der Waals surface area contributed by atoms with Crippen LogP contribution in [0.4, 0.5) is 11.5 Å². The van der Waals surface area contributed by atoms with Crippen LogP contribution in [-0.4, -0.2) is 30.6 Å². The lowest BCUT2D eigenvalue weighted by atomic mass is 10.0. The maximum Gasteiger partial charge on any atom is 0.340 e. The second-order valence-corrected chi connectivity index (χ2v) is 4.66. The Morgan fingerprint density at radius 3 is 3.00 bits per heavy atom. The predicted molar refractivity (Wildman–Crippen MR) is 70.6 cm³/mol. The van der Waals surface area contributed by atoms with Gasteiger partial charge in [-0.05, 0) is 32.3 Å². The van der Waals surface area contributed by atoms with Gasteiger partial charge in [-0.25, -0.2) is 9.78 Å². The highest BCUT2D eigenvalue weighted by atomic mass is 16.5. The van der Waals surface area contributed by atoms with E-state index in [0.29, 0.717) is 17.3 Å². The van der Waals surface area contributed by atoms with Crippen molar-refractivity contribution in [2.75, 3.05) is 24.3 Å². The van der Waals surface area contributed by atoms with E-state index in [-0.39, 0.29) is 0 Å². The number of hydrogen-bond acceptors (Lipinski definition) is 5. The maximum absolute atomic E-state index is 11.6. The summed E-state index contributed by atoms with van der Waals surface area (Å²) in [7, 11) is 1.35. The van der Waals surface area contributed by atoms with Gasteiger partial charge in [-0.2, -0.15) is 0 Å². The quantitative estimate of drug-likeness (QED) is 0.810. The van der Waals surface area contributed by atoms with Gasteiger partial charge in [-0.15, -0.1) is 0 Å². The second-order valence-electron chi connectivity index (χ2n) is 4.66. The Kier molecular flexibility index (Phi) is 3.69. The van der Waals surface area contributed by atoms with Gasteiger partial charge in [-0.3, -0.25) is 0 Å². The maximum atomic E-state index is 11.6. The number of carbonyl (C=O) groups excluding carboxylic acids is 1. The van der Waals surface area contributed by atoms with E-state index in [1.807, 2.05) is 0 Å². The van der Waals surface area contributed by atoms with Crippen LogP contribution in [0.3, 0.4) is 0 Å². The Balaban J connectivity index is 2.31. The molecule has 1 aromatic heterocycles. The SMILES string of the molecule is COC(=O)c1cc(N2CCCCC2C)ncc1N. The summed E-state index contributed by atoms with van der Waals surface area (Å²) in [6.07, 6.45) is 5.09. The number of anilines is 2. The van der Waals surface area contributed by atoms with Gasteiger partial charge >= 0.3 is 5.97 Å². The minimum atomic E-state index is -0.416. The van der Waals surface area contributed by atoms with E-state index in [1.54, 1.807) is 6.07 Å². The molecule has 2 N–H and O–H groups in total. The zero-order valence-corrected chi connectivity index (χ0v) is 10.8. The molecule has 2 rings (SSSR count). The summed E-state index contributed by atoms with van der Waals surface area (Å²) >= 11 is 0. The molecule has 5 heteroatoms. The molecule has 0 radical (unpaired) electrons. The Labute approximate surface area is 107 Å². The van der Waals surface area contributed by atoms with Crippen LogP contribution in [0.15, 0.2) is 12.3 Å². The molecule has 1 aromatic rings. The third-order valence-electron chi connectivity index (χ3n) is 3.42. The van der Waals surface area contributed by atoms with Gasteiger partial charge < -0.3 is 15.4 Å². The number of esters is 1. The normalized spacial score (nSPS) is 19.7. The Morgan fingerprint density at radius 2 is 2.33 bits per heavy atom. The van der Waals surface area contributed by atoms with E-state index in [9.17, 15) is 4.79 Å². The Bertz CT molecular complexity index is 448. The fourth-order valence-electron chi connectivity index (χ4n) is 2.34. The average molecular weight is 249 g/mol. The first kappa shape index (κ1) is 12.7. The molecular weight excluding hydrogens is 230 g/mol. The topological polar surface area (TPSA) is 68.5 Å². The average Bonchev–Trinajstić information content (AvgIpc) is 2.39. The lowest BCUT2D eigenvalue weighted by Crippen LogP contribution is -2.38. The van der Waals surface area contributed by atoms with Crippen molar-refractivity contribution in [3.05, 3.63) is 17.8 Å². The fourth-order valence-corrected chi connectivity index (χ4v) is 2.34. The molecule has 1 atom stereocenters. The van der Waals surface area contributed by atoms with Crippen molar-refractivity contribution in [1.29, 1.82) is 0 Å². The third kappa shape index (κ3) is 2.39. The molecule has 2 heterocycles. The number of carbonyl (C=O) groups is 1. The number of ether oxygens (including phenoxy) is 1. The number of pyridine rings is 1. The molecule has 5 nitrogen and oxygen atoms in total. The molecular formula is C13H19N3O2. The Hall–Kier alpha value is -1.78. The molecule has 1 unspecified atom stereocenters. The lowest BCUT2D eigenvalue weighted by Gasteiger charge is -2.34. The van der Waals surface area contributed by atoms with E-state index >= 15 is 0 Å². The molecule has 98 valence electrons. The molecule has 0 aromatic carbocycles. The first-order chi connectivity index (χ1) is 8.63. The number of aromatic nitrogens is 1. The van der Waals surface area contributed by atoms with Crippen molar-refractivity contribution in [3.8, 4) is 0 Å². The van der Waals surface area contributed by atoms with E-state index < -0.39 is 5.97 Å². The van der Waals surface area contributed by atoms with Crippen molar-refractivity contribution >= 4 is 17.5 Å². The van der Waals surface area contributed by atoms with Crippen LogP contribution in [-0.2, 0) is 4.74 Å². The summed E-state index contributed by atoms with van der Waals surface area (Å²) in [5.74, 6) is 0.387. The van der Waals surface area contributed by atoms with Gasteiger partial charge in [0, 0.05) is 12.6 Å². The predicted octanol–water partition coefficient (Wildman–Crippen LogP) is 1.83. The zero-order valence-electron chi connectivity index (χ0n) is 10.8. The molecule has 1 aliphatic heterocycles. The molecule has 1 fully saturated rings. The molecule has 0 bridgehead atoms. The van der Waals surface area contributed by atoms with Gasteiger partial charge in [-0.1, -0.05) is 0 Å². The largest absolute Gasteiger partial charge is 0.465 e. The molecule has 0 aliphatic carbocycles. The summed E-state index contributed by atoms with van der Waals surface area (Å²) in [5, 5.41) is 0. The standard InChI is InChI=1S/C13H19N3O2/c1-9-5-3-4-6-16(9)12-7-10(13(17)18-2)11(14)8-15-12/h7-9H,3-6,14H2,1-2H3. The van der Waals surface area contributed by atoms with Gasteiger partial charge in [0.1, 0.15) is 5.82 Å². The highest BCUT2D eigenvalue weighted by Gasteiger charge is 2.21. The van der Waals surface area contributed by atoms with Crippen LogP contribution in [0.2, 0.25) is 0 Å². The number of nitrogens with two attached hydrogens (primary N) is 1. The number of rotatable bonds is 2. The number of nitrogen functional groups attached to an aromatic ring is 1. The van der Waals surface area contributed by atoms with E-state index in [2.05, 4.69) is 16.8 Å². The number of piperidine rings is 1. The van der Waals surface area contributed by atoms with Crippen LogP contribution < -0.4 is 10.6 Å². The van der Waals surface area contributed by atoms with Gasteiger partial charge in [0.2, 0.25) is 0 Å². The number of methoxy groups -OCH3 is 1. The molecule has 1 aliphatic rings. The molecule has 0 saturated carbocycles. The van der Waals surface area contributed by atoms with Crippen LogP contribution in [0.5, 0.6) is 0 Å². The van der Waals surface area contributed by atoms with Crippen molar-refractivity contribution in [2.24, 2.45) is 0 Å². The first-order valence-corrected chi connectivity index (χ1v) is 6.24. The minimum Gasteiger partial charge on any atom is -0.465 e. The molecule has 1 saturated heterocycles. The van der Waals surface area contributed by atoms with E-state index in [0.717, 1.165) is 25.2 Å². The van der Waals surface area contributed by atoms with Crippen molar-refractivity contribution < 1.29 is 9.53 Å². The van der Waals surface area contributed by atoms with E-state index in [1.165, 1.54) is 19.7 Å². The van der Waals surface area contributed by atoms with Crippen LogP contribution in [0.1, 0.15) is 36.5 Å². The third-order valence-corrected chi connectivity index (χ3v) is 3.42. The smallest absolute Gasteiger partial charge is 0.340 e. The summed E-state index contributed by atoms with van der Waals surface area (Å²) in [4.78, 5) is 18.1. The molecule has 18 heavy (non-hydrogen) atoms. The summed E-state index contributed by atoms with van der Waals surface area (Å²) in [6.45, 7) is 3.15. The second kappa shape index (κ2) is 5.25. The summed E-state index contributed by atoms with van der Waals surface area (Å²) in [6, 6.07) is 2.17. The highest BCUT2D eigenvalue weighted by Crippen LogP contribution is 2.25. The lowest BCUT2D eigenvalue weighted by molar-refractivity contribution is 0.0602. The molecule has 0 spiro atoms. The van der Waals surface area contributed by atoms with Gasteiger partial charge in [0.25, 0.3) is 0 Å². The van der Waals surface area contributed by atoms with Crippen LogP contribution in [0, 0.1) is 0 Å². The first-order valence-electron chi connectivity index (χ1n) is 6.24. The fraction of sp³-hybridized carbons (Fsp3) is 0.538. The summed E-state index contributed by atoms with van der Waals surface area (Å²) < 4.78 is 4.72. The summed E-state index contributed by atoms with van der Waals surface area (Å²) in [5.41, 5.74) is 6.49. The number of hydrogen-bond donors (Lipinski definition) is 1. The van der Waals surface area contributed by atoms with Crippen molar-refractivity contribution in [1.82, 2.24) is 4.98 Å². The van der Waals surface area contributed by atoms with Crippen molar-refractivity contribution in [2.45, 2.75) is 32.2 Å². The van der Waals surface area contributed by atoms with Gasteiger partial charge in [0.15, 0.2) is 0 Å². The van der Waals surface area contributed by atoms with Gasteiger partial charge in [0.05, 0.1) is 24.6 Å². The number of nitrogens with zero attached hydrogens (tertiary/aromatic N) is 2. The van der Waals surface area contributed by atoms with Crippen LogP contribution in [0.25, 0.3) is 0 Å². The van der Waals surface area contributed by atoms with Crippen molar-refractivity contribution in [3.63, 3.8) is 0 Å².